The lowest BCUT2D eigenvalue weighted by Crippen LogP contribution is -2.28. The van der Waals surface area contributed by atoms with E-state index in [0.29, 0.717) is 13.1 Å². The van der Waals surface area contributed by atoms with Crippen molar-refractivity contribution in [3.63, 3.8) is 0 Å². The molecule has 1 saturated heterocycles. The van der Waals surface area contributed by atoms with Gasteiger partial charge in [0.1, 0.15) is 0 Å². The average Bonchev–Trinajstić information content (AvgIpc) is 3.24. The largest absolute Gasteiger partial charge is 0.321 e. The van der Waals surface area contributed by atoms with E-state index in [1.165, 1.54) is 47.6 Å². The van der Waals surface area contributed by atoms with Gasteiger partial charge in [0.15, 0.2) is 9.84 Å². The Morgan fingerprint density at radius 3 is 2.36 bits per heavy atom. The number of sulfonamides is 1. The Hall–Kier alpha value is -2.23. The molecule has 1 N–H and O–H groups in total. The van der Waals surface area contributed by atoms with Gasteiger partial charge >= 0.3 is 0 Å². The smallest absolute Gasteiger partial charge is 0.255 e. The van der Waals surface area contributed by atoms with Gasteiger partial charge in [0, 0.05) is 18.7 Å². The van der Waals surface area contributed by atoms with Crippen molar-refractivity contribution in [2.45, 2.75) is 29.6 Å². The van der Waals surface area contributed by atoms with Gasteiger partial charge < -0.3 is 5.32 Å². The fraction of sp³-hybridized carbons (Fsp3) is 0.316. The van der Waals surface area contributed by atoms with Crippen LogP contribution >= 0.6 is 0 Å². The van der Waals surface area contributed by atoms with E-state index in [4.69, 9.17) is 0 Å². The fourth-order valence-corrected chi connectivity index (χ4v) is 5.68. The van der Waals surface area contributed by atoms with Gasteiger partial charge in [-0.25, -0.2) is 16.8 Å². The van der Waals surface area contributed by atoms with Crippen LogP contribution in [0.5, 0.6) is 0 Å². The maximum Gasteiger partial charge on any atom is 0.255 e. The van der Waals surface area contributed by atoms with Crippen LogP contribution < -0.4 is 5.32 Å². The minimum absolute atomic E-state index is 0.0340. The first-order valence-corrected chi connectivity index (χ1v) is 12.1. The minimum atomic E-state index is -3.65. The van der Waals surface area contributed by atoms with Crippen molar-refractivity contribution < 1.29 is 21.6 Å². The summed E-state index contributed by atoms with van der Waals surface area (Å²) in [6.07, 6.45) is 1.64. The number of nitrogens with one attached hydrogen (secondary N) is 1. The molecule has 0 aliphatic carbocycles. The molecule has 1 aliphatic rings. The highest BCUT2D eigenvalue weighted by Crippen LogP contribution is 2.24. The van der Waals surface area contributed by atoms with E-state index in [1.807, 2.05) is 0 Å². The Morgan fingerprint density at radius 2 is 1.68 bits per heavy atom. The topological polar surface area (TPSA) is 101 Å². The molecule has 2 aromatic carbocycles. The predicted octanol–water partition coefficient (Wildman–Crippen LogP) is 2.52. The van der Waals surface area contributed by atoms with E-state index >= 15 is 0 Å². The fourth-order valence-electron chi connectivity index (χ4n) is 3.07. The van der Waals surface area contributed by atoms with Gasteiger partial charge in [-0.1, -0.05) is 25.1 Å². The van der Waals surface area contributed by atoms with Crippen LogP contribution in [0.3, 0.4) is 0 Å². The maximum atomic E-state index is 12.7. The molecule has 0 radical (unpaired) electrons. The lowest BCUT2D eigenvalue weighted by Gasteiger charge is -2.16. The summed E-state index contributed by atoms with van der Waals surface area (Å²) in [7, 11) is -7.16. The molecule has 1 amide bonds. The van der Waals surface area contributed by atoms with Crippen molar-refractivity contribution in [2.75, 3.05) is 24.2 Å². The molecule has 7 nitrogen and oxygen atoms in total. The zero-order chi connectivity index (χ0) is 20.4. The van der Waals surface area contributed by atoms with E-state index in [1.54, 1.807) is 12.1 Å². The Labute approximate surface area is 165 Å². The number of carbonyl (C=O) groups excluding carboxylic acids is 1. The number of carbonyl (C=O) groups is 1. The predicted molar refractivity (Wildman–Crippen MR) is 107 cm³/mol. The second kappa shape index (κ2) is 8.02. The normalized spacial score (nSPS) is 15.5. The summed E-state index contributed by atoms with van der Waals surface area (Å²) in [5.41, 5.74) is 0.311. The Bertz CT molecular complexity index is 1090. The third kappa shape index (κ3) is 4.11. The van der Waals surface area contributed by atoms with Crippen molar-refractivity contribution in [3.05, 3.63) is 54.1 Å². The molecular formula is C19H22N2O5S2. The summed E-state index contributed by atoms with van der Waals surface area (Å²) in [4.78, 5) is 12.8. The maximum absolute atomic E-state index is 12.7. The number of sulfone groups is 1. The summed E-state index contributed by atoms with van der Waals surface area (Å²) in [6, 6.07) is 11.9. The Balaban J connectivity index is 1.89. The first kappa shape index (κ1) is 20.5. The molecule has 1 aliphatic heterocycles. The van der Waals surface area contributed by atoms with Crippen LogP contribution in [0, 0.1) is 0 Å². The highest BCUT2D eigenvalue weighted by molar-refractivity contribution is 7.91. The first-order valence-electron chi connectivity index (χ1n) is 8.99. The van der Waals surface area contributed by atoms with E-state index in [-0.39, 0.29) is 26.8 Å². The summed E-state index contributed by atoms with van der Waals surface area (Å²) in [5.74, 6) is -0.666. The van der Waals surface area contributed by atoms with Crippen LogP contribution in [0.25, 0.3) is 0 Å². The summed E-state index contributed by atoms with van der Waals surface area (Å²) >= 11 is 0. The second-order valence-electron chi connectivity index (χ2n) is 6.49. The Morgan fingerprint density at radius 1 is 1.00 bits per heavy atom. The number of anilines is 1. The van der Waals surface area contributed by atoms with Crippen LogP contribution in [0.1, 0.15) is 30.1 Å². The molecule has 0 spiro atoms. The molecule has 150 valence electrons. The van der Waals surface area contributed by atoms with Gasteiger partial charge in [0.2, 0.25) is 10.0 Å². The highest BCUT2D eigenvalue weighted by atomic mass is 32.2. The molecule has 0 bridgehead atoms. The molecular weight excluding hydrogens is 400 g/mol. The van der Waals surface area contributed by atoms with Crippen LogP contribution in [-0.4, -0.2) is 45.9 Å². The van der Waals surface area contributed by atoms with E-state index in [2.05, 4.69) is 5.32 Å². The van der Waals surface area contributed by atoms with E-state index < -0.39 is 25.8 Å². The zero-order valence-corrected chi connectivity index (χ0v) is 17.1. The molecule has 1 fully saturated rings. The van der Waals surface area contributed by atoms with Gasteiger partial charge in [-0.3, -0.25) is 4.79 Å². The lowest BCUT2D eigenvalue weighted by molar-refractivity contribution is 0.102. The van der Waals surface area contributed by atoms with Gasteiger partial charge in [-0.2, -0.15) is 4.31 Å². The van der Waals surface area contributed by atoms with Crippen LogP contribution in [0.4, 0.5) is 5.69 Å². The van der Waals surface area contributed by atoms with Crippen molar-refractivity contribution in [1.29, 1.82) is 0 Å². The number of para-hydroxylation sites is 1. The van der Waals surface area contributed by atoms with Gasteiger partial charge in [-0.05, 0) is 43.2 Å². The molecule has 28 heavy (non-hydrogen) atoms. The first-order chi connectivity index (χ1) is 13.3. The van der Waals surface area contributed by atoms with Gasteiger partial charge in [0.25, 0.3) is 5.91 Å². The zero-order valence-electron chi connectivity index (χ0n) is 15.5. The minimum Gasteiger partial charge on any atom is -0.321 e. The van der Waals surface area contributed by atoms with Crippen molar-refractivity contribution in [2.24, 2.45) is 0 Å². The monoisotopic (exact) mass is 422 g/mol. The van der Waals surface area contributed by atoms with Crippen molar-refractivity contribution in [1.82, 2.24) is 4.31 Å². The molecule has 0 aromatic heterocycles. The van der Waals surface area contributed by atoms with E-state index in [0.717, 1.165) is 12.8 Å². The molecule has 0 saturated carbocycles. The number of rotatable bonds is 6. The lowest BCUT2D eigenvalue weighted by atomic mass is 10.2. The molecule has 9 heteroatoms. The van der Waals surface area contributed by atoms with Crippen LogP contribution in [0.15, 0.2) is 58.3 Å². The number of hydrogen-bond acceptors (Lipinski definition) is 5. The van der Waals surface area contributed by atoms with E-state index in [9.17, 15) is 21.6 Å². The third-order valence-electron chi connectivity index (χ3n) is 4.65. The highest BCUT2D eigenvalue weighted by Gasteiger charge is 2.27. The molecule has 1 heterocycles. The summed E-state index contributed by atoms with van der Waals surface area (Å²) in [6.45, 7) is 2.47. The van der Waals surface area contributed by atoms with Gasteiger partial charge in [-0.15, -0.1) is 0 Å². The van der Waals surface area contributed by atoms with Gasteiger partial charge in [0.05, 0.1) is 21.2 Å². The number of amides is 1. The molecule has 3 rings (SSSR count). The summed E-state index contributed by atoms with van der Waals surface area (Å²) < 4.78 is 51.3. The summed E-state index contributed by atoms with van der Waals surface area (Å²) in [5, 5.41) is 2.59. The van der Waals surface area contributed by atoms with Crippen molar-refractivity contribution >= 4 is 31.5 Å². The number of hydrogen-bond donors (Lipinski definition) is 1. The average molecular weight is 423 g/mol. The van der Waals surface area contributed by atoms with Crippen LogP contribution in [0.2, 0.25) is 0 Å². The van der Waals surface area contributed by atoms with Crippen LogP contribution in [-0.2, 0) is 19.9 Å². The standard InChI is InChI=1S/C19H22N2O5S2/c1-2-27(23,24)18-11-4-3-10-17(18)20-19(22)15-8-7-9-16(14-15)28(25,26)21-12-5-6-13-21/h3-4,7-11,14H,2,5-6,12-13H2,1H3,(H,20,22). The molecule has 0 atom stereocenters. The van der Waals surface area contributed by atoms with Crippen molar-refractivity contribution in [3.8, 4) is 0 Å². The SMILES string of the molecule is CCS(=O)(=O)c1ccccc1NC(=O)c1cccc(S(=O)(=O)N2CCCC2)c1. The second-order valence-corrected chi connectivity index (χ2v) is 10.7. The number of benzene rings is 2. The third-order valence-corrected chi connectivity index (χ3v) is 8.33. The molecule has 2 aromatic rings. The quantitative estimate of drug-likeness (QED) is 0.771. The number of nitrogens with zero attached hydrogens (tertiary/aromatic N) is 1. The Kier molecular flexibility index (Phi) is 5.87. The molecule has 0 unspecified atom stereocenters.